The number of alkyl halides is 1. The van der Waals surface area contributed by atoms with Crippen molar-refractivity contribution in [3.8, 4) is 5.75 Å². The van der Waals surface area contributed by atoms with Gasteiger partial charge in [0.15, 0.2) is 5.78 Å². The lowest BCUT2D eigenvalue weighted by Gasteiger charge is -2.06. The third-order valence-corrected chi connectivity index (χ3v) is 2.23. The Kier molecular flexibility index (Phi) is 3.52. The molecule has 0 heterocycles. The fourth-order valence-corrected chi connectivity index (χ4v) is 1.38. The Morgan fingerprint density at radius 1 is 1.50 bits per heavy atom. The van der Waals surface area contributed by atoms with Gasteiger partial charge in [-0.2, -0.15) is 0 Å². The number of ketones is 1. The highest BCUT2D eigenvalue weighted by atomic mass is 79.9. The minimum absolute atomic E-state index is 0.00407. The van der Waals surface area contributed by atoms with Gasteiger partial charge >= 0.3 is 0 Å². The first-order valence-corrected chi connectivity index (χ1v) is 5.09. The van der Waals surface area contributed by atoms with Crippen LogP contribution in [0.3, 0.4) is 0 Å². The smallest absolute Gasteiger partial charge is 0.176 e. The zero-order chi connectivity index (χ0) is 10.7. The Bertz CT molecular complexity index is 350. The van der Waals surface area contributed by atoms with Gasteiger partial charge in [0.05, 0.1) is 11.9 Å². The average Bonchev–Trinajstić information content (AvgIpc) is 2.15. The summed E-state index contributed by atoms with van der Waals surface area (Å²) >= 11 is 3.22. The van der Waals surface area contributed by atoms with Crippen LogP contribution in [-0.4, -0.2) is 17.7 Å². The van der Waals surface area contributed by atoms with Crippen molar-refractivity contribution in [2.45, 2.75) is 11.8 Å². The molecule has 1 rings (SSSR count). The van der Waals surface area contributed by atoms with Gasteiger partial charge in [-0.25, -0.2) is 0 Å². The zero-order valence-corrected chi connectivity index (χ0v) is 9.67. The Morgan fingerprint density at radius 2 is 2.14 bits per heavy atom. The molecule has 4 heteroatoms. The van der Waals surface area contributed by atoms with Crippen LogP contribution in [0, 0.1) is 0 Å². The Balaban J connectivity index is 3.09. The molecule has 0 aliphatic carbocycles. The highest BCUT2D eigenvalue weighted by Crippen LogP contribution is 2.20. The predicted molar refractivity (Wildman–Crippen MR) is 60.1 cm³/mol. The number of carbonyl (C=O) groups excluding carboxylic acids is 1. The Morgan fingerprint density at radius 3 is 2.64 bits per heavy atom. The summed E-state index contributed by atoms with van der Waals surface area (Å²) in [5.74, 6) is 0.595. The minimum Gasteiger partial charge on any atom is -0.497 e. The standard InChI is InChI=1S/C10H12BrNO2/c1-6(11)10(13)7-3-8(12)5-9(4-7)14-2/h3-6H,12H2,1-2H3. The van der Waals surface area contributed by atoms with Crippen LogP contribution in [0.15, 0.2) is 18.2 Å². The van der Waals surface area contributed by atoms with Crippen molar-refractivity contribution >= 4 is 27.4 Å². The highest BCUT2D eigenvalue weighted by molar-refractivity contribution is 9.10. The number of carbonyl (C=O) groups is 1. The summed E-state index contributed by atoms with van der Waals surface area (Å²) in [7, 11) is 1.54. The van der Waals surface area contributed by atoms with Crippen LogP contribution in [0.25, 0.3) is 0 Å². The largest absolute Gasteiger partial charge is 0.497 e. The summed E-state index contributed by atoms with van der Waals surface area (Å²) in [6.45, 7) is 1.78. The predicted octanol–water partition coefficient (Wildman–Crippen LogP) is 2.24. The molecule has 3 nitrogen and oxygen atoms in total. The summed E-state index contributed by atoms with van der Waals surface area (Å²) in [5.41, 5.74) is 6.72. The summed E-state index contributed by atoms with van der Waals surface area (Å²) in [6.07, 6.45) is 0. The number of nitrogen functional groups attached to an aromatic ring is 1. The fourth-order valence-electron chi connectivity index (χ4n) is 1.11. The molecule has 0 aromatic heterocycles. The van der Waals surface area contributed by atoms with Gasteiger partial charge in [-0.1, -0.05) is 15.9 Å². The molecule has 0 aliphatic heterocycles. The molecule has 0 amide bonds. The number of halogens is 1. The van der Waals surface area contributed by atoms with Gasteiger partial charge in [0.1, 0.15) is 5.75 Å². The number of rotatable bonds is 3. The molecule has 1 aromatic rings. The molecule has 1 unspecified atom stereocenters. The number of nitrogens with two attached hydrogens (primary N) is 1. The van der Waals surface area contributed by atoms with Gasteiger partial charge in [-0.05, 0) is 19.1 Å². The molecule has 0 saturated heterocycles. The van der Waals surface area contributed by atoms with E-state index >= 15 is 0 Å². The number of hydrogen-bond donors (Lipinski definition) is 1. The molecule has 1 atom stereocenters. The van der Waals surface area contributed by atoms with Crippen molar-refractivity contribution in [2.75, 3.05) is 12.8 Å². The number of anilines is 1. The summed E-state index contributed by atoms with van der Waals surface area (Å²) in [4.78, 5) is 11.4. The first kappa shape index (κ1) is 11.0. The van der Waals surface area contributed by atoms with Gasteiger partial charge in [0.25, 0.3) is 0 Å². The minimum atomic E-state index is -0.214. The van der Waals surface area contributed by atoms with Crippen LogP contribution in [0.1, 0.15) is 17.3 Å². The maximum atomic E-state index is 11.6. The van der Waals surface area contributed by atoms with Gasteiger partial charge in [-0.3, -0.25) is 4.79 Å². The summed E-state index contributed by atoms with van der Waals surface area (Å²) in [6, 6.07) is 4.99. The number of Topliss-reactive ketones (excluding diaryl/α,β-unsaturated/α-hetero) is 1. The zero-order valence-electron chi connectivity index (χ0n) is 8.08. The second kappa shape index (κ2) is 4.46. The van der Waals surface area contributed by atoms with E-state index in [0.29, 0.717) is 17.0 Å². The number of hydrogen-bond acceptors (Lipinski definition) is 3. The van der Waals surface area contributed by atoms with E-state index in [-0.39, 0.29) is 10.6 Å². The maximum Gasteiger partial charge on any atom is 0.176 e. The molecule has 76 valence electrons. The van der Waals surface area contributed by atoms with Crippen molar-refractivity contribution in [3.05, 3.63) is 23.8 Å². The first-order chi connectivity index (χ1) is 6.54. The fraction of sp³-hybridized carbons (Fsp3) is 0.300. The third-order valence-electron chi connectivity index (χ3n) is 1.81. The van der Waals surface area contributed by atoms with E-state index in [0.717, 1.165) is 0 Å². The average molecular weight is 258 g/mol. The molecule has 0 radical (unpaired) electrons. The normalized spacial score (nSPS) is 12.2. The van der Waals surface area contributed by atoms with Crippen LogP contribution in [0.2, 0.25) is 0 Å². The second-order valence-electron chi connectivity index (χ2n) is 2.98. The summed E-state index contributed by atoms with van der Waals surface area (Å²) < 4.78 is 5.02. The second-order valence-corrected chi connectivity index (χ2v) is 4.35. The van der Waals surface area contributed by atoms with E-state index < -0.39 is 0 Å². The number of ether oxygens (including phenoxy) is 1. The van der Waals surface area contributed by atoms with Crippen molar-refractivity contribution in [2.24, 2.45) is 0 Å². The van der Waals surface area contributed by atoms with Crippen LogP contribution in [-0.2, 0) is 0 Å². The van der Waals surface area contributed by atoms with E-state index in [4.69, 9.17) is 10.5 Å². The van der Waals surface area contributed by atoms with E-state index in [1.165, 1.54) is 0 Å². The van der Waals surface area contributed by atoms with Crippen molar-refractivity contribution in [1.82, 2.24) is 0 Å². The van der Waals surface area contributed by atoms with E-state index in [2.05, 4.69) is 15.9 Å². The van der Waals surface area contributed by atoms with Crippen LogP contribution in [0.4, 0.5) is 5.69 Å². The Hall–Kier alpha value is -1.03. The van der Waals surface area contributed by atoms with Crippen LogP contribution in [0.5, 0.6) is 5.75 Å². The van der Waals surface area contributed by atoms with Crippen molar-refractivity contribution in [1.29, 1.82) is 0 Å². The molecular weight excluding hydrogens is 246 g/mol. The molecule has 0 fully saturated rings. The van der Waals surface area contributed by atoms with Crippen LogP contribution < -0.4 is 10.5 Å². The molecule has 0 spiro atoms. The molecule has 1 aromatic carbocycles. The van der Waals surface area contributed by atoms with E-state index in [1.807, 2.05) is 0 Å². The topological polar surface area (TPSA) is 52.3 Å². The maximum absolute atomic E-state index is 11.6. The Labute approximate surface area is 91.4 Å². The molecule has 14 heavy (non-hydrogen) atoms. The number of methoxy groups -OCH3 is 1. The van der Waals surface area contributed by atoms with Gasteiger partial charge in [-0.15, -0.1) is 0 Å². The van der Waals surface area contributed by atoms with E-state index in [9.17, 15) is 4.79 Å². The van der Waals surface area contributed by atoms with Crippen molar-refractivity contribution in [3.63, 3.8) is 0 Å². The van der Waals surface area contributed by atoms with Gasteiger partial charge in [0.2, 0.25) is 0 Å². The van der Waals surface area contributed by atoms with Gasteiger partial charge in [0, 0.05) is 17.3 Å². The SMILES string of the molecule is COc1cc(N)cc(C(=O)C(C)Br)c1. The van der Waals surface area contributed by atoms with Gasteiger partial charge < -0.3 is 10.5 Å². The molecule has 2 N–H and O–H groups in total. The van der Waals surface area contributed by atoms with Crippen LogP contribution >= 0.6 is 15.9 Å². The monoisotopic (exact) mass is 257 g/mol. The first-order valence-electron chi connectivity index (χ1n) is 4.17. The quantitative estimate of drug-likeness (QED) is 0.514. The lowest BCUT2D eigenvalue weighted by molar-refractivity contribution is 0.0995. The third kappa shape index (κ3) is 2.48. The lowest BCUT2D eigenvalue weighted by atomic mass is 10.1. The molecule has 0 aliphatic rings. The lowest BCUT2D eigenvalue weighted by Crippen LogP contribution is -2.10. The van der Waals surface area contributed by atoms with Crippen molar-refractivity contribution < 1.29 is 9.53 Å². The summed E-state index contributed by atoms with van der Waals surface area (Å²) in [5, 5.41) is 0. The molecular formula is C10H12BrNO2. The molecule has 0 bridgehead atoms. The van der Waals surface area contributed by atoms with E-state index in [1.54, 1.807) is 32.2 Å². The highest BCUT2D eigenvalue weighted by Gasteiger charge is 2.13. The number of benzene rings is 1. The molecule has 0 saturated carbocycles.